The molecule has 1 atom stereocenters. The third-order valence-electron chi connectivity index (χ3n) is 4.63. The van der Waals surface area contributed by atoms with Crippen molar-refractivity contribution in [3.8, 4) is 6.07 Å². The normalized spacial score (nSPS) is 21.0. The van der Waals surface area contributed by atoms with Gasteiger partial charge in [0.15, 0.2) is 0 Å². The van der Waals surface area contributed by atoms with Gasteiger partial charge in [0.2, 0.25) is 0 Å². The van der Waals surface area contributed by atoms with Gasteiger partial charge in [-0.2, -0.15) is 31.6 Å². The van der Waals surface area contributed by atoms with Crippen molar-refractivity contribution in [2.75, 3.05) is 0 Å². The minimum Gasteiger partial charge on any atom is -0.222 e. The van der Waals surface area contributed by atoms with Gasteiger partial charge < -0.3 is 0 Å². The average molecular weight is 470 g/mol. The van der Waals surface area contributed by atoms with Gasteiger partial charge in [0.25, 0.3) is 0 Å². The van der Waals surface area contributed by atoms with E-state index in [1.165, 1.54) is 12.1 Å². The molecule has 1 unspecified atom stereocenters. The van der Waals surface area contributed by atoms with Crippen LogP contribution in [0.1, 0.15) is 37.3 Å². The zero-order chi connectivity index (χ0) is 21.4. The van der Waals surface area contributed by atoms with Crippen LogP contribution in [0.3, 0.4) is 0 Å². The van der Waals surface area contributed by atoms with Gasteiger partial charge in [0, 0.05) is 0 Å². The Morgan fingerprint density at radius 1 is 1.04 bits per heavy atom. The first-order chi connectivity index (χ1) is 12.8. The van der Waals surface area contributed by atoms with Crippen LogP contribution in [-0.4, -0.2) is 18.0 Å². The van der Waals surface area contributed by atoms with Gasteiger partial charge in [-0.3, -0.25) is 0 Å². The summed E-state index contributed by atoms with van der Waals surface area (Å²) < 4.78 is 97.9. The second-order valence-electron chi connectivity index (χ2n) is 6.50. The molecule has 0 amide bonds. The van der Waals surface area contributed by atoms with E-state index >= 15 is 4.39 Å². The Labute approximate surface area is 165 Å². The molecule has 0 saturated carbocycles. The Hall–Kier alpha value is -1.82. The highest BCUT2D eigenvalue weighted by molar-refractivity contribution is 9.11. The van der Waals surface area contributed by atoms with Gasteiger partial charge in [0.05, 0.1) is 17.0 Å². The summed E-state index contributed by atoms with van der Waals surface area (Å²) >= 11 is 2.98. The molecule has 0 aromatic heterocycles. The van der Waals surface area contributed by atoms with Crippen LogP contribution in [0.15, 0.2) is 46.5 Å². The Bertz CT molecular complexity index is 831. The standard InChI is InChI=1S/C19H15BrF7N/c1-2-5-12-8-14(20)10-16(9-12,15-7-4-3-6-13(15)11-28)17(21,18(22,23)24)19(25,26)27/h3-4,6-7,9-10H,2,5,8H2,1H3. The summed E-state index contributed by atoms with van der Waals surface area (Å²) in [6.45, 7) is 1.70. The van der Waals surface area contributed by atoms with Crippen molar-refractivity contribution in [3.63, 3.8) is 0 Å². The molecule has 152 valence electrons. The molecule has 1 nitrogen and oxygen atoms in total. The van der Waals surface area contributed by atoms with Crippen molar-refractivity contribution >= 4 is 15.9 Å². The summed E-state index contributed by atoms with van der Waals surface area (Å²) in [4.78, 5) is 0. The second kappa shape index (κ2) is 7.54. The summed E-state index contributed by atoms with van der Waals surface area (Å²) in [7, 11) is 0. The molecule has 1 aliphatic rings. The molecule has 0 aliphatic heterocycles. The molecule has 0 spiro atoms. The van der Waals surface area contributed by atoms with Gasteiger partial charge in [-0.25, -0.2) is 4.39 Å². The fraction of sp³-hybridized carbons (Fsp3) is 0.421. The number of nitriles is 1. The highest BCUT2D eigenvalue weighted by Gasteiger charge is 2.81. The Kier molecular flexibility index (Phi) is 6.05. The van der Waals surface area contributed by atoms with Crippen molar-refractivity contribution < 1.29 is 30.7 Å². The number of alkyl halides is 7. The summed E-state index contributed by atoms with van der Waals surface area (Å²) in [6, 6.07) is 6.03. The molecular formula is C19H15BrF7N. The first-order valence-electron chi connectivity index (χ1n) is 8.24. The van der Waals surface area contributed by atoms with E-state index in [9.17, 15) is 31.6 Å². The fourth-order valence-electron chi connectivity index (χ4n) is 3.52. The van der Waals surface area contributed by atoms with E-state index in [2.05, 4.69) is 15.9 Å². The lowest BCUT2D eigenvalue weighted by Crippen LogP contribution is -2.65. The van der Waals surface area contributed by atoms with Crippen molar-refractivity contribution in [3.05, 3.63) is 57.6 Å². The largest absolute Gasteiger partial charge is 0.433 e. The van der Waals surface area contributed by atoms with Gasteiger partial charge in [-0.1, -0.05) is 65.2 Å². The molecule has 28 heavy (non-hydrogen) atoms. The predicted molar refractivity (Wildman–Crippen MR) is 93.4 cm³/mol. The SMILES string of the molecule is CCCC1=CC(c2ccccc2C#N)(C(F)(C(F)(F)F)C(F)(F)F)C=C(Br)C1. The third-order valence-corrected chi connectivity index (χ3v) is 5.14. The topological polar surface area (TPSA) is 23.8 Å². The number of allylic oxidation sites excluding steroid dienone is 4. The Morgan fingerprint density at radius 3 is 2.11 bits per heavy atom. The smallest absolute Gasteiger partial charge is 0.222 e. The van der Waals surface area contributed by atoms with E-state index in [4.69, 9.17) is 0 Å². The van der Waals surface area contributed by atoms with Crippen molar-refractivity contribution in [1.29, 1.82) is 5.26 Å². The highest BCUT2D eigenvalue weighted by atomic mass is 79.9. The Morgan fingerprint density at radius 2 is 1.61 bits per heavy atom. The minimum absolute atomic E-state index is 0.0123. The molecule has 0 bridgehead atoms. The number of hydrogen-bond donors (Lipinski definition) is 0. The molecule has 1 aliphatic carbocycles. The van der Waals surface area contributed by atoms with Crippen LogP contribution in [0.25, 0.3) is 0 Å². The zero-order valence-corrected chi connectivity index (χ0v) is 16.1. The minimum atomic E-state index is -6.29. The second-order valence-corrected chi connectivity index (χ2v) is 7.52. The molecule has 2 rings (SSSR count). The average Bonchev–Trinajstić information content (AvgIpc) is 2.58. The summed E-state index contributed by atoms with van der Waals surface area (Å²) in [5.74, 6) is 0. The van der Waals surface area contributed by atoms with Gasteiger partial charge in [-0.15, -0.1) is 0 Å². The number of hydrogen-bond acceptors (Lipinski definition) is 1. The van der Waals surface area contributed by atoms with Crippen LogP contribution in [-0.2, 0) is 5.41 Å². The first-order valence-corrected chi connectivity index (χ1v) is 9.03. The molecule has 0 saturated heterocycles. The van der Waals surface area contributed by atoms with Crippen molar-refractivity contribution in [2.45, 2.75) is 49.6 Å². The fourth-order valence-corrected chi connectivity index (χ4v) is 4.24. The van der Waals surface area contributed by atoms with Crippen LogP contribution in [0.5, 0.6) is 0 Å². The van der Waals surface area contributed by atoms with E-state index in [-0.39, 0.29) is 22.9 Å². The van der Waals surface area contributed by atoms with E-state index in [0.29, 0.717) is 18.6 Å². The predicted octanol–water partition coefficient (Wildman–Crippen LogP) is 7.04. The van der Waals surface area contributed by atoms with Crippen molar-refractivity contribution in [1.82, 2.24) is 0 Å². The number of nitrogens with zero attached hydrogens (tertiary/aromatic N) is 1. The van der Waals surface area contributed by atoms with Crippen LogP contribution < -0.4 is 0 Å². The zero-order valence-electron chi connectivity index (χ0n) is 14.6. The van der Waals surface area contributed by atoms with Crippen molar-refractivity contribution in [2.24, 2.45) is 0 Å². The summed E-state index contributed by atoms with van der Waals surface area (Å²) in [5.41, 5.74) is -9.86. The molecule has 9 heteroatoms. The van der Waals surface area contributed by atoms with Gasteiger partial charge >= 0.3 is 18.0 Å². The monoisotopic (exact) mass is 469 g/mol. The van der Waals surface area contributed by atoms with Crippen LogP contribution >= 0.6 is 15.9 Å². The molecule has 0 N–H and O–H groups in total. The van der Waals surface area contributed by atoms with Crippen LogP contribution in [0.4, 0.5) is 30.7 Å². The number of benzene rings is 1. The van der Waals surface area contributed by atoms with E-state index < -0.39 is 34.6 Å². The molecule has 0 heterocycles. The number of rotatable bonds is 4. The lowest BCUT2D eigenvalue weighted by atomic mass is 9.63. The maximum Gasteiger partial charge on any atom is 0.433 e. The highest BCUT2D eigenvalue weighted by Crippen LogP contribution is 2.60. The molecule has 1 aromatic rings. The van der Waals surface area contributed by atoms with Crippen LogP contribution in [0, 0.1) is 11.3 Å². The Balaban J connectivity index is 3.04. The van der Waals surface area contributed by atoms with Gasteiger partial charge in [-0.05, 0) is 29.0 Å². The van der Waals surface area contributed by atoms with Gasteiger partial charge in [0.1, 0.15) is 0 Å². The maximum absolute atomic E-state index is 15.5. The molecule has 0 fully saturated rings. The molecule has 0 radical (unpaired) electrons. The third kappa shape index (κ3) is 3.47. The molecular weight excluding hydrogens is 455 g/mol. The lowest BCUT2D eigenvalue weighted by Gasteiger charge is -2.46. The van der Waals surface area contributed by atoms with Crippen LogP contribution in [0.2, 0.25) is 0 Å². The lowest BCUT2D eigenvalue weighted by molar-refractivity contribution is -0.354. The summed E-state index contributed by atoms with van der Waals surface area (Å²) in [6.07, 6.45) is -10.6. The van der Waals surface area contributed by atoms with E-state index in [1.54, 1.807) is 13.0 Å². The molecule has 1 aromatic carbocycles. The van der Waals surface area contributed by atoms with E-state index in [0.717, 1.165) is 12.1 Å². The quantitative estimate of drug-likeness (QED) is 0.342. The summed E-state index contributed by atoms with van der Waals surface area (Å²) in [5, 5.41) is 9.28. The number of halogens is 8. The maximum atomic E-state index is 15.5. The first kappa shape index (κ1) is 22.5. The van der Waals surface area contributed by atoms with E-state index in [1.807, 2.05) is 0 Å².